The molecule has 3 nitrogen and oxygen atoms in total. The maximum absolute atomic E-state index is 6.55. The number of nitrogens with zero attached hydrogens (tertiary/aromatic N) is 1. The predicted molar refractivity (Wildman–Crippen MR) is 203 cm³/mol. The monoisotopic (exact) mass is 623 g/mol. The average Bonchev–Trinajstić information content (AvgIpc) is 3.89. The summed E-state index contributed by atoms with van der Waals surface area (Å²) < 4.78 is 15.2. The second-order valence-electron chi connectivity index (χ2n) is 13.2. The Morgan fingerprint density at radius 2 is 0.980 bits per heavy atom. The van der Waals surface area contributed by atoms with E-state index >= 15 is 0 Å². The van der Waals surface area contributed by atoms with Crippen molar-refractivity contribution in [3.05, 3.63) is 152 Å². The first-order chi connectivity index (χ1) is 24.3. The van der Waals surface area contributed by atoms with Crippen LogP contribution in [0, 0.1) is 0 Å². The van der Waals surface area contributed by atoms with Crippen molar-refractivity contribution in [2.24, 2.45) is 0 Å². The van der Waals surface area contributed by atoms with Crippen molar-refractivity contribution in [2.75, 3.05) is 0 Å². The summed E-state index contributed by atoms with van der Waals surface area (Å²) in [5.41, 5.74) is 14.6. The van der Waals surface area contributed by atoms with Crippen molar-refractivity contribution >= 4 is 76.5 Å². The van der Waals surface area contributed by atoms with Gasteiger partial charge in [-0.1, -0.05) is 91.0 Å². The molecule has 0 aliphatic heterocycles. The van der Waals surface area contributed by atoms with Crippen molar-refractivity contribution < 1.29 is 8.83 Å². The van der Waals surface area contributed by atoms with E-state index in [9.17, 15) is 0 Å². The Kier molecular flexibility index (Phi) is 4.72. The van der Waals surface area contributed by atoms with Crippen LogP contribution in [0.3, 0.4) is 0 Å². The Bertz CT molecular complexity index is 3220. The summed E-state index contributed by atoms with van der Waals surface area (Å²) in [5.74, 6) is 0. The third-order valence-electron chi connectivity index (χ3n) is 10.7. The van der Waals surface area contributed by atoms with E-state index < -0.39 is 0 Å². The lowest BCUT2D eigenvalue weighted by molar-refractivity contribution is 0.668. The molecule has 0 saturated carbocycles. The third kappa shape index (κ3) is 3.31. The van der Waals surface area contributed by atoms with Gasteiger partial charge in [0.05, 0.1) is 11.0 Å². The fraction of sp³-hybridized carbons (Fsp3) is 0. The lowest BCUT2D eigenvalue weighted by Gasteiger charge is -2.09. The SMILES string of the molecule is c1ccc2c(c1)-c1cccc3c1c-2cc1oc2ccc(-c4ccc5c(c4)c4ccccc4n5-c4ccc5c(c4)oc4ccccc45)cc2c13. The van der Waals surface area contributed by atoms with Crippen LogP contribution in [-0.4, -0.2) is 4.57 Å². The molecule has 0 saturated heterocycles. The van der Waals surface area contributed by atoms with E-state index in [1.165, 1.54) is 71.3 Å². The van der Waals surface area contributed by atoms with Gasteiger partial charge in [-0.05, 0) is 98.8 Å². The smallest absolute Gasteiger partial charge is 0.137 e. The van der Waals surface area contributed by atoms with E-state index in [0.29, 0.717) is 0 Å². The Morgan fingerprint density at radius 1 is 0.327 bits per heavy atom. The van der Waals surface area contributed by atoms with Crippen molar-refractivity contribution in [1.29, 1.82) is 0 Å². The summed E-state index contributed by atoms with van der Waals surface area (Å²) in [7, 11) is 0. The first-order valence-electron chi connectivity index (χ1n) is 16.8. The second-order valence-corrected chi connectivity index (χ2v) is 13.2. The molecule has 3 heteroatoms. The van der Waals surface area contributed by atoms with Crippen molar-refractivity contribution in [3.63, 3.8) is 0 Å². The molecule has 0 amide bonds. The molecule has 0 radical (unpaired) electrons. The highest BCUT2D eigenvalue weighted by molar-refractivity contribution is 6.28. The van der Waals surface area contributed by atoms with Crippen LogP contribution in [0.5, 0.6) is 0 Å². The molecule has 226 valence electrons. The number of fused-ring (bicyclic) bond motifs is 13. The minimum absolute atomic E-state index is 0.896. The maximum Gasteiger partial charge on any atom is 0.137 e. The molecule has 0 bridgehead atoms. The summed E-state index contributed by atoms with van der Waals surface area (Å²) in [4.78, 5) is 0. The molecule has 49 heavy (non-hydrogen) atoms. The molecule has 0 spiro atoms. The number of aromatic nitrogens is 1. The normalized spacial score (nSPS) is 12.5. The van der Waals surface area contributed by atoms with Gasteiger partial charge in [-0.15, -0.1) is 0 Å². The van der Waals surface area contributed by atoms with E-state index in [1.807, 2.05) is 12.1 Å². The molecule has 0 atom stereocenters. The Morgan fingerprint density at radius 3 is 1.90 bits per heavy atom. The van der Waals surface area contributed by atoms with Crippen LogP contribution < -0.4 is 0 Å². The van der Waals surface area contributed by atoms with Gasteiger partial charge < -0.3 is 13.4 Å². The van der Waals surface area contributed by atoms with E-state index in [-0.39, 0.29) is 0 Å². The molecule has 0 fully saturated rings. The van der Waals surface area contributed by atoms with Crippen LogP contribution in [0.15, 0.2) is 160 Å². The van der Waals surface area contributed by atoms with Gasteiger partial charge >= 0.3 is 0 Å². The zero-order chi connectivity index (χ0) is 31.8. The zero-order valence-corrected chi connectivity index (χ0v) is 26.2. The van der Waals surface area contributed by atoms with Crippen LogP contribution in [0.2, 0.25) is 0 Å². The summed E-state index contributed by atoms with van der Waals surface area (Å²) in [5, 5.41) is 9.62. The molecule has 11 aromatic rings. The van der Waals surface area contributed by atoms with Crippen LogP contribution in [0.25, 0.3) is 116 Å². The highest BCUT2D eigenvalue weighted by atomic mass is 16.3. The van der Waals surface area contributed by atoms with Gasteiger partial charge in [-0.25, -0.2) is 0 Å². The number of hydrogen-bond acceptors (Lipinski definition) is 2. The van der Waals surface area contributed by atoms with Crippen molar-refractivity contribution in [1.82, 2.24) is 4.57 Å². The van der Waals surface area contributed by atoms with Gasteiger partial charge in [-0.2, -0.15) is 0 Å². The standard InChI is InChI=1S/C46H25NO2/c1-2-9-30-29(8-1)34-12-7-13-35-45(34)37(30)25-44-46(35)38-23-27(17-21-42(38)49-44)26-16-20-40-36(22-26)31-10-3-5-14-39(31)47(40)28-18-19-33-32-11-4-6-15-41(32)48-43(33)24-28/h1-25H. The zero-order valence-electron chi connectivity index (χ0n) is 26.2. The molecule has 3 heterocycles. The lowest BCUT2D eigenvalue weighted by Crippen LogP contribution is -1.93. The van der Waals surface area contributed by atoms with Gasteiger partial charge in [-0.3, -0.25) is 0 Å². The topological polar surface area (TPSA) is 31.2 Å². The highest BCUT2D eigenvalue weighted by Crippen LogP contribution is 2.51. The van der Waals surface area contributed by atoms with E-state index in [0.717, 1.165) is 44.2 Å². The Balaban J connectivity index is 1.06. The summed E-state index contributed by atoms with van der Waals surface area (Å²) in [6.45, 7) is 0. The summed E-state index contributed by atoms with van der Waals surface area (Å²) in [6.07, 6.45) is 0. The molecule has 8 aromatic carbocycles. The first-order valence-corrected chi connectivity index (χ1v) is 16.8. The fourth-order valence-corrected chi connectivity index (χ4v) is 8.60. The van der Waals surface area contributed by atoms with Gasteiger partial charge in [0.1, 0.15) is 22.3 Å². The Hall–Kier alpha value is -6.58. The van der Waals surface area contributed by atoms with Crippen LogP contribution in [0.1, 0.15) is 0 Å². The minimum Gasteiger partial charge on any atom is -0.456 e. The predicted octanol–water partition coefficient (Wildman–Crippen LogP) is 13.1. The van der Waals surface area contributed by atoms with Crippen LogP contribution in [-0.2, 0) is 0 Å². The van der Waals surface area contributed by atoms with Crippen LogP contribution in [0.4, 0.5) is 0 Å². The quantitative estimate of drug-likeness (QED) is 0.192. The third-order valence-corrected chi connectivity index (χ3v) is 10.7. The van der Waals surface area contributed by atoms with E-state index in [1.54, 1.807) is 0 Å². The molecular weight excluding hydrogens is 599 g/mol. The summed E-state index contributed by atoms with van der Waals surface area (Å²) in [6, 6.07) is 54.6. The highest BCUT2D eigenvalue weighted by Gasteiger charge is 2.24. The molecular formula is C46H25NO2. The van der Waals surface area contributed by atoms with E-state index in [2.05, 4.69) is 144 Å². The number of hydrogen-bond donors (Lipinski definition) is 0. The van der Waals surface area contributed by atoms with E-state index in [4.69, 9.17) is 8.83 Å². The Labute approximate surface area is 279 Å². The van der Waals surface area contributed by atoms with Crippen molar-refractivity contribution in [3.8, 4) is 39.1 Å². The van der Waals surface area contributed by atoms with Gasteiger partial charge in [0.2, 0.25) is 0 Å². The molecule has 0 N–H and O–H groups in total. The maximum atomic E-state index is 6.55. The number of para-hydroxylation sites is 2. The van der Waals surface area contributed by atoms with Gasteiger partial charge in [0, 0.05) is 44.1 Å². The number of furan rings is 2. The minimum atomic E-state index is 0.896. The van der Waals surface area contributed by atoms with Crippen LogP contribution >= 0.6 is 0 Å². The molecule has 3 aromatic heterocycles. The van der Waals surface area contributed by atoms with Gasteiger partial charge in [0.15, 0.2) is 0 Å². The van der Waals surface area contributed by atoms with Crippen molar-refractivity contribution in [2.45, 2.75) is 0 Å². The molecule has 0 unspecified atom stereocenters. The molecule has 12 rings (SSSR count). The first kappa shape index (κ1) is 25.5. The number of benzene rings is 8. The summed E-state index contributed by atoms with van der Waals surface area (Å²) >= 11 is 0. The van der Waals surface area contributed by atoms with Gasteiger partial charge in [0.25, 0.3) is 0 Å². The largest absolute Gasteiger partial charge is 0.456 e. The lowest BCUT2D eigenvalue weighted by atomic mass is 9.96. The number of rotatable bonds is 2. The molecule has 1 aliphatic carbocycles. The fourth-order valence-electron chi connectivity index (χ4n) is 8.60. The molecule has 1 aliphatic rings. The second kappa shape index (κ2) is 9.06. The average molecular weight is 624 g/mol.